The van der Waals surface area contributed by atoms with Crippen LogP contribution >= 0.6 is 0 Å². The van der Waals surface area contributed by atoms with Crippen molar-refractivity contribution in [1.29, 1.82) is 0 Å². The fourth-order valence-corrected chi connectivity index (χ4v) is 0.721. The van der Waals surface area contributed by atoms with Crippen LogP contribution in [0.1, 0.15) is 13.3 Å². The van der Waals surface area contributed by atoms with Gasteiger partial charge in [0.25, 0.3) is 0 Å². The molecule has 0 amide bonds. The van der Waals surface area contributed by atoms with E-state index in [1.165, 1.54) is 6.92 Å². The van der Waals surface area contributed by atoms with E-state index < -0.39 is 18.0 Å². The van der Waals surface area contributed by atoms with Gasteiger partial charge in [0.15, 0.2) is 5.78 Å². The van der Waals surface area contributed by atoms with Crippen LogP contribution in [-0.4, -0.2) is 41.8 Å². The normalized spacial score (nSPS) is 16.0. The third kappa shape index (κ3) is 4.08. The number of hydrogen-bond acceptors (Lipinski definition) is 4. The number of ketones is 1. The standard InChI is InChI=1S/C7H15NO3/c1-5(9)7(11)6(10)3-4-8-2/h6-8,10-11H,3-4H2,1-2H3. The number of Topliss-reactive ketones (excluding diaryl/α,β-unsaturated/α-hetero) is 1. The van der Waals surface area contributed by atoms with Gasteiger partial charge in [-0.2, -0.15) is 0 Å². The van der Waals surface area contributed by atoms with E-state index in [0.29, 0.717) is 13.0 Å². The number of carbonyl (C=O) groups excluding carboxylic acids is 1. The summed E-state index contributed by atoms with van der Waals surface area (Å²) in [5.41, 5.74) is 0. The molecule has 4 nitrogen and oxygen atoms in total. The minimum Gasteiger partial charge on any atom is -0.390 e. The van der Waals surface area contributed by atoms with Crippen molar-refractivity contribution in [1.82, 2.24) is 5.32 Å². The maximum Gasteiger partial charge on any atom is 0.160 e. The first kappa shape index (κ1) is 10.6. The van der Waals surface area contributed by atoms with Gasteiger partial charge in [-0.25, -0.2) is 0 Å². The Bertz CT molecular complexity index is 127. The summed E-state index contributed by atoms with van der Waals surface area (Å²) < 4.78 is 0. The van der Waals surface area contributed by atoms with E-state index in [-0.39, 0.29) is 0 Å². The van der Waals surface area contributed by atoms with Gasteiger partial charge in [0.1, 0.15) is 6.10 Å². The topological polar surface area (TPSA) is 69.6 Å². The van der Waals surface area contributed by atoms with E-state index in [0.717, 1.165) is 0 Å². The van der Waals surface area contributed by atoms with E-state index in [4.69, 9.17) is 10.2 Å². The fraction of sp³-hybridized carbons (Fsp3) is 0.857. The van der Waals surface area contributed by atoms with Gasteiger partial charge in [-0.05, 0) is 26.9 Å². The molecule has 0 aliphatic carbocycles. The average Bonchev–Trinajstić information content (AvgIpc) is 1.98. The Morgan fingerprint density at radius 1 is 1.55 bits per heavy atom. The Balaban J connectivity index is 3.63. The second-order valence-corrected chi connectivity index (χ2v) is 2.52. The Hall–Kier alpha value is -0.450. The number of nitrogens with one attached hydrogen (secondary N) is 1. The Kier molecular flexibility index (Phi) is 5.02. The van der Waals surface area contributed by atoms with E-state index in [1.807, 2.05) is 0 Å². The molecule has 0 radical (unpaired) electrons. The first-order chi connectivity index (χ1) is 5.09. The lowest BCUT2D eigenvalue weighted by molar-refractivity contribution is -0.130. The molecule has 0 bridgehead atoms. The van der Waals surface area contributed by atoms with Crippen LogP contribution < -0.4 is 5.32 Å². The smallest absolute Gasteiger partial charge is 0.160 e. The summed E-state index contributed by atoms with van der Waals surface area (Å²) in [5, 5.41) is 20.9. The molecule has 0 rings (SSSR count). The van der Waals surface area contributed by atoms with Crippen molar-refractivity contribution in [2.75, 3.05) is 13.6 Å². The van der Waals surface area contributed by atoms with Gasteiger partial charge in [0.05, 0.1) is 6.10 Å². The summed E-state index contributed by atoms with van der Waals surface area (Å²) >= 11 is 0. The fourth-order valence-electron chi connectivity index (χ4n) is 0.721. The molecular weight excluding hydrogens is 146 g/mol. The summed E-state index contributed by atoms with van der Waals surface area (Å²) in [6.45, 7) is 1.85. The molecule has 0 aliphatic rings. The molecule has 3 N–H and O–H groups in total. The molecule has 2 atom stereocenters. The monoisotopic (exact) mass is 161 g/mol. The molecule has 0 saturated heterocycles. The lowest BCUT2D eigenvalue weighted by Crippen LogP contribution is -2.34. The highest BCUT2D eigenvalue weighted by atomic mass is 16.3. The van der Waals surface area contributed by atoms with Crippen molar-refractivity contribution in [2.45, 2.75) is 25.6 Å². The lowest BCUT2D eigenvalue weighted by Gasteiger charge is -2.14. The molecule has 2 unspecified atom stereocenters. The van der Waals surface area contributed by atoms with E-state index >= 15 is 0 Å². The number of aliphatic hydroxyl groups excluding tert-OH is 2. The Morgan fingerprint density at radius 3 is 2.45 bits per heavy atom. The summed E-state index contributed by atoms with van der Waals surface area (Å²) in [6.07, 6.45) is -1.79. The first-order valence-corrected chi connectivity index (χ1v) is 3.60. The SMILES string of the molecule is CNCCC(O)C(O)C(C)=O. The molecule has 0 saturated carbocycles. The average molecular weight is 161 g/mol. The quantitative estimate of drug-likeness (QED) is 0.479. The highest BCUT2D eigenvalue weighted by Gasteiger charge is 2.19. The van der Waals surface area contributed by atoms with E-state index in [9.17, 15) is 4.79 Å². The van der Waals surface area contributed by atoms with Crippen LogP contribution in [0.3, 0.4) is 0 Å². The van der Waals surface area contributed by atoms with Gasteiger partial charge < -0.3 is 15.5 Å². The largest absolute Gasteiger partial charge is 0.390 e. The van der Waals surface area contributed by atoms with Crippen molar-refractivity contribution < 1.29 is 15.0 Å². The van der Waals surface area contributed by atoms with Gasteiger partial charge in [-0.1, -0.05) is 0 Å². The number of carbonyl (C=O) groups is 1. The third-order valence-electron chi connectivity index (χ3n) is 1.47. The van der Waals surface area contributed by atoms with Crippen LogP contribution in [-0.2, 0) is 4.79 Å². The molecule has 4 heteroatoms. The predicted octanol–water partition coefficient (Wildman–Crippen LogP) is -1.09. The Morgan fingerprint density at radius 2 is 2.09 bits per heavy atom. The zero-order valence-electron chi connectivity index (χ0n) is 6.87. The first-order valence-electron chi connectivity index (χ1n) is 3.60. The van der Waals surface area contributed by atoms with Gasteiger partial charge in [0.2, 0.25) is 0 Å². The molecular formula is C7H15NO3. The van der Waals surface area contributed by atoms with E-state index in [2.05, 4.69) is 5.32 Å². The minimum absolute atomic E-state index is 0.386. The van der Waals surface area contributed by atoms with Gasteiger partial charge in [-0.3, -0.25) is 4.79 Å². The summed E-state index contributed by atoms with van der Waals surface area (Å²) in [6, 6.07) is 0. The van der Waals surface area contributed by atoms with Crippen LogP contribution in [0.15, 0.2) is 0 Å². The molecule has 0 aliphatic heterocycles. The van der Waals surface area contributed by atoms with Crippen molar-refractivity contribution in [3.63, 3.8) is 0 Å². The summed E-state index contributed by atoms with van der Waals surface area (Å²) in [5.74, 6) is -0.395. The molecule has 66 valence electrons. The van der Waals surface area contributed by atoms with Crippen molar-refractivity contribution >= 4 is 5.78 Å². The Labute approximate surface area is 66.2 Å². The summed E-state index contributed by atoms with van der Waals surface area (Å²) in [7, 11) is 1.74. The summed E-state index contributed by atoms with van der Waals surface area (Å²) in [4.78, 5) is 10.5. The maximum absolute atomic E-state index is 10.5. The highest BCUT2D eigenvalue weighted by Crippen LogP contribution is 1.98. The van der Waals surface area contributed by atoms with Gasteiger partial charge in [0, 0.05) is 0 Å². The lowest BCUT2D eigenvalue weighted by atomic mass is 10.1. The van der Waals surface area contributed by atoms with Crippen LogP contribution in [0.25, 0.3) is 0 Å². The zero-order chi connectivity index (χ0) is 8.85. The van der Waals surface area contributed by atoms with Gasteiger partial charge in [-0.15, -0.1) is 0 Å². The van der Waals surface area contributed by atoms with Crippen molar-refractivity contribution in [2.24, 2.45) is 0 Å². The van der Waals surface area contributed by atoms with Crippen LogP contribution in [0.5, 0.6) is 0 Å². The molecule has 0 heterocycles. The number of rotatable bonds is 5. The highest BCUT2D eigenvalue weighted by molar-refractivity contribution is 5.80. The second kappa shape index (κ2) is 5.23. The predicted molar refractivity (Wildman–Crippen MR) is 41.2 cm³/mol. The van der Waals surface area contributed by atoms with Crippen LogP contribution in [0.2, 0.25) is 0 Å². The third-order valence-corrected chi connectivity index (χ3v) is 1.47. The maximum atomic E-state index is 10.5. The second-order valence-electron chi connectivity index (χ2n) is 2.52. The molecule has 11 heavy (non-hydrogen) atoms. The minimum atomic E-state index is -1.23. The molecule has 0 fully saturated rings. The molecule has 0 aromatic heterocycles. The molecule has 0 aromatic carbocycles. The van der Waals surface area contributed by atoms with Crippen molar-refractivity contribution in [3.05, 3.63) is 0 Å². The van der Waals surface area contributed by atoms with Crippen LogP contribution in [0, 0.1) is 0 Å². The van der Waals surface area contributed by atoms with Crippen molar-refractivity contribution in [3.8, 4) is 0 Å². The van der Waals surface area contributed by atoms with E-state index in [1.54, 1.807) is 7.05 Å². The number of aliphatic hydroxyl groups is 2. The van der Waals surface area contributed by atoms with Crippen LogP contribution in [0.4, 0.5) is 0 Å². The van der Waals surface area contributed by atoms with Gasteiger partial charge >= 0.3 is 0 Å². The zero-order valence-corrected chi connectivity index (χ0v) is 6.87. The molecule has 0 aromatic rings. The molecule has 0 spiro atoms. The number of hydrogen-bond donors (Lipinski definition) is 3.